The number of oxime groups is 1. The molecule has 0 spiro atoms. The van der Waals surface area contributed by atoms with E-state index in [0.717, 1.165) is 51.3 Å². The summed E-state index contributed by atoms with van der Waals surface area (Å²) < 4.78 is 5.18. The third kappa shape index (κ3) is 5.47. The van der Waals surface area contributed by atoms with Crippen LogP contribution in [0.3, 0.4) is 0 Å². The van der Waals surface area contributed by atoms with Crippen LogP contribution in [-0.4, -0.2) is 58.8 Å². The largest absolute Gasteiger partial charge is 0.403 e. The highest BCUT2D eigenvalue weighted by Crippen LogP contribution is 2.17. The Hall–Kier alpha value is -2.68. The van der Waals surface area contributed by atoms with Crippen molar-refractivity contribution in [2.24, 2.45) is 11.1 Å². The molecule has 9 heteroatoms. The number of amidine groups is 1. The van der Waals surface area contributed by atoms with E-state index in [4.69, 9.17) is 9.25 Å². The fourth-order valence-corrected chi connectivity index (χ4v) is 3.46. The van der Waals surface area contributed by atoms with Crippen LogP contribution in [0.4, 0.5) is 0 Å². The molecule has 1 aliphatic rings. The molecule has 0 unspecified atom stereocenters. The molecule has 1 aliphatic heterocycles. The Morgan fingerprint density at radius 1 is 1.30 bits per heavy atom. The van der Waals surface area contributed by atoms with Gasteiger partial charge in [0.1, 0.15) is 11.2 Å². The quantitative estimate of drug-likeness (QED) is 0.418. The van der Waals surface area contributed by atoms with Gasteiger partial charge in [0.2, 0.25) is 5.71 Å². The van der Waals surface area contributed by atoms with Crippen LogP contribution in [-0.2, 0) is 6.42 Å². The molecule has 0 amide bonds. The van der Waals surface area contributed by atoms with Gasteiger partial charge < -0.3 is 19.1 Å². The number of piperazine rings is 1. The number of likely N-dealkylation sites (N-methyl/N-ethyl adjacent to an activating group) is 1. The molecule has 0 bridgehead atoms. The van der Waals surface area contributed by atoms with Crippen LogP contribution < -0.4 is 16.0 Å². The maximum Gasteiger partial charge on any atom is 0.337 e. The molecule has 2 aromatic rings. The zero-order valence-corrected chi connectivity index (χ0v) is 18.2. The highest BCUT2D eigenvalue weighted by Gasteiger charge is 2.18. The molecule has 1 saturated heterocycles. The van der Waals surface area contributed by atoms with E-state index in [1.54, 1.807) is 0 Å². The van der Waals surface area contributed by atoms with Crippen molar-refractivity contribution in [1.29, 1.82) is 0 Å². The van der Waals surface area contributed by atoms with E-state index >= 15 is 0 Å². The summed E-state index contributed by atoms with van der Waals surface area (Å²) in [5.74, 6) is 1.27. The Morgan fingerprint density at radius 3 is 2.70 bits per heavy atom. The van der Waals surface area contributed by atoms with E-state index in [9.17, 15) is 9.59 Å². The summed E-state index contributed by atoms with van der Waals surface area (Å²) >= 11 is 0. The first-order valence-corrected chi connectivity index (χ1v) is 10.6. The third-order valence-electron chi connectivity index (χ3n) is 5.25. The molecule has 3 heterocycles. The second-order valence-corrected chi connectivity index (χ2v) is 8.21. The van der Waals surface area contributed by atoms with E-state index < -0.39 is 11.2 Å². The number of rotatable bonds is 7. The Kier molecular flexibility index (Phi) is 7.25. The summed E-state index contributed by atoms with van der Waals surface area (Å²) in [6, 6.07) is 1.28. The van der Waals surface area contributed by atoms with Crippen molar-refractivity contribution in [3.8, 4) is 6.01 Å². The van der Waals surface area contributed by atoms with Crippen molar-refractivity contribution in [2.75, 3.05) is 33.2 Å². The average Bonchev–Trinajstić information content (AvgIpc) is 2.69. The maximum absolute atomic E-state index is 12.7. The average molecular weight is 418 g/mol. The fraction of sp³-hybridized carbons (Fsp3) is 0.619. The van der Waals surface area contributed by atoms with E-state index in [1.807, 2.05) is 0 Å². The SMILES string of the molecule is CCC/C(=N\Oc1nc2oc(=O)cc(CCC(C)C)c2c(=O)[nH]1)N1CCN(C)CC1. The molecule has 2 aromatic heterocycles. The van der Waals surface area contributed by atoms with E-state index in [1.165, 1.54) is 6.07 Å². The minimum atomic E-state index is -0.530. The lowest BCUT2D eigenvalue weighted by Gasteiger charge is -2.34. The monoisotopic (exact) mass is 417 g/mol. The molecule has 9 nitrogen and oxygen atoms in total. The summed E-state index contributed by atoms with van der Waals surface area (Å²) in [6.45, 7) is 9.91. The third-order valence-corrected chi connectivity index (χ3v) is 5.25. The van der Waals surface area contributed by atoms with Crippen molar-refractivity contribution in [2.45, 2.75) is 46.5 Å². The molecule has 0 saturated carbocycles. The zero-order valence-electron chi connectivity index (χ0n) is 18.2. The molecule has 3 rings (SSSR count). The summed E-state index contributed by atoms with van der Waals surface area (Å²) in [4.78, 5) is 41.4. The highest BCUT2D eigenvalue weighted by atomic mass is 16.6. The van der Waals surface area contributed by atoms with Gasteiger partial charge in [-0.1, -0.05) is 25.9 Å². The van der Waals surface area contributed by atoms with Gasteiger partial charge >= 0.3 is 11.6 Å². The molecular weight excluding hydrogens is 386 g/mol. The first-order valence-electron chi connectivity index (χ1n) is 10.6. The van der Waals surface area contributed by atoms with Gasteiger partial charge in [-0.15, -0.1) is 0 Å². The van der Waals surface area contributed by atoms with Gasteiger partial charge in [-0.05, 0) is 37.8 Å². The number of H-pyrrole nitrogens is 1. The maximum atomic E-state index is 12.7. The molecule has 164 valence electrons. The van der Waals surface area contributed by atoms with Crippen molar-refractivity contribution in [3.63, 3.8) is 0 Å². The zero-order chi connectivity index (χ0) is 21.7. The van der Waals surface area contributed by atoms with Crippen LogP contribution in [0, 0.1) is 5.92 Å². The first-order chi connectivity index (χ1) is 14.4. The topological polar surface area (TPSA) is 104 Å². The second kappa shape index (κ2) is 9.88. The molecule has 1 fully saturated rings. The van der Waals surface area contributed by atoms with E-state index in [2.05, 4.69) is 52.7 Å². The lowest BCUT2D eigenvalue weighted by Crippen LogP contribution is -2.47. The Morgan fingerprint density at radius 2 is 2.03 bits per heavy atom. The Bertz CT molecular complexity index is 1000. The number of fused-ring (bicyclic) bond motifs is 1. The summed E-state index contributed by atoms with van der Waals surface area (Å²) in [7, 11) is 2.09. The molecule has 0 aliphatic carbocycles. The van der Waals surface area contributed by atoms with Crippen molar-refractivity contribution in [3.05, 3.63) is 32.4 Å². The van der Waals surface area contributed by atoms with Crippen molar-refractivity contribution < 1.29 is 9.25 Å². The number of hydrogen-bond donors (Lipinski definition) is 1. The molecule has 30 heavy (non-hydrogen) atoms. The molecule has 0 aromatic carbocycles. The van der Waals surface area contributed by atoms with E-state index in [0.29, 0.717) is 23.3 Å². The predicted octanol–water partition coefficient (Wildman–Crippen LogP) is 2.20. The number of nitrogens with zero attached hydrogens (tertiary/aromatic N) is 4. The number of aromatic amines is 1. The van der Waals surface area contributed by atoms with Gasteiger partial charge in [0.05, 0.1) is 0 Å². The summed E-state index contributed by atoms with van der Waals surface area (Å²) in [5, 5.41) is 4.55. The Labute approximate surface area is 175 Å². The summed E-state index contributed by atoms with van der Waals surface area (Å²) in [5.41, 5.74) is -0.308. The van der Waals surface area contributed by atoms with Gasteiger partial charge in [0.25, 0.3) is 5.56 Å². The lowest BCUT2D eigenvalue weighted by molar-refractivity contribution is 0.205. The molecule has 1 N–H and O–H groups in total. The van der Waals surface area contributed by atoms with Gasteiger partial charge in [-0.25, -0.2) is 4.79 Å². The predicted molar refractivity (Wildman–Crippen MR) is 116 cm³/mol. The normalized spacial score (nSPS) is 15.9. The second-order valence-electron chi connectivity index (χ2n) is 8.21. The minimum absolute atomic E-state index is 0.0214. The molecule has 0 radical (unpaired) electrons. The number of nitrogens with one attached hydrogen (secondary N) is 1. The van der Waals surface area contributed by atoms with Gasteiger partial charge in [0, 0.05) is 38.7 Å². The molecular formula is C21H31N5O4. The highest BCUT2D eigenvalue weighted by molar-refractivity contribution is 5.82. The van der Waals surface area contributed by atoms with Gasteiger partial charge in [-0.3, -0.25) is 9.78 Å². The van der Waals surface area contributed by atoms with Crippen LogP contribution in [0.15, 0.2) is 25.2 Å². The summed E-state index contributed by atoms with van der Waals surface area (Å²) in [6.07, 6.45) is 3.14. The van der Waals surface area contributed by atoms with Crippen LogP contribution >= 0.6 is 0 Å². The smallest absolute Gasteiger partial charge is 0.337 e. The van der Waals surface area contributed by atoms with Crippen LogP contribution in [0.25, 0.3) is 11.1 Å². The Balaban J connectivity index is 1.88. The van der Waals surface area contributed by atoms with Crippen LogP contribution in [0.1, 0.15) is 45.6 Å². The number of aryl methyl sites for hydroxylation is 1. The van der Waals surface area contributed by atoms with Crippen LogP contribution in [0.5, 0.6) is 6.01 Å². The van der Waals surface area contributed by atoms with Crippen molar-refractivity contribution in [1.82, 2.24) is 19.8 Å². The fourth-order valence-electron chi connectivity index (χ4n) is 3.46. The van der Waals surface area contributed by atoms with Crippen LogP contribution in [0.2, 0.25) is 0 Å². The standard InChI is InChI=1S/C21H31N5O4/c1-5-6-16(26-11-9-25(4)10-12-26)24-30-21-22-19(28)18-15(8-7-14(2)3)13-17(27)29-20(18)23-21/h13-14H,5-12H2,1-4H3,(H,22,23,28)/b24-16+. The molecule has 0 atom stereocenters. The van der Waals surface area contributed by atoms with Gasteiger partial charge in [0.15, 0.2) is 0 Å². The first kappa shape index (κ1) is 22.0. The number of aromatic nitrogens is 2. The lowest BCUT2D eigenvalue weighted by atomic mass is 10.0. The van der Waals surface area contributed by atoms with Crippen molar-refractivity contribution >= 4 is 16.9 Å². The number of hydrogen-bond acceptors (Lipinski definition) is 7. The van der Waals surface area contributed by atoms with E-state index in [-0.39, 0.29) is 11.7 Å². The minimum Gasteiger partial charge on any atom is -0.403 e. The van der Waals surface area contributed by atoms with Gasteiger partial charge in [-0.2, -0.15) is 4.98 Å².